The third kappa shape index (κ3) is 3.55. The van der Waals surface area contributed by atoms with E-state index in [0.29, 0.717) is 28.3 Å². The maximum Gasteiger partial charge on any atom is 0.247 e. The summed E-state index contributed by atoms with van der Waals surface area (Å²) in [5, 5.41) is 15.5. The monoisotopic (exact) mass is 384 g/mol. The van der Waals surface area contributed by atoms with Gasteiger partial charge in [-0.2, -0.15) is 5.10 Å². The number of sulfonamides is 1. The third-order valence-electron chi connectivity index (χ3n) is 3.82. The number of nitrogens with one attached hydrogen (secondary N) is 2. The van der Waals surface area contributed by atoms with Gasteiger partial charge >= 0.3 is 0 Å². The van der Waals surface area contributed by atoms with Gasteiger partial charge in [-0.15, -0.1) is 11.3 Å². The normalized spacial score (nSPS) is 14.6. The molecule has 0 amide bonds. The fourth-order valence-electron chi connectivity index (χ4n) is 2.48. The molecule has 0 spiro atoms. The van der Waals surface area contributed by atoms with E-state index in [1.807, 2.05) is 13.0 Å². The van der Waals surface area contributed by atoms with E-state index in [1.165, 1.54) is 18.9 Å². The molecular formula is C15H24N6O2S2. The summed E-state index contributed by atoms with van der Waals surface area (Å²) in [6, 6.07) is 6.93. The summed E-state index contributed by atoms with van der Waals surface area (Å²) in [5.41, 5.74) is 2.51. The highest BCUT2D eigenvalue weighted by Gasteiger charge is 2.25. The highest BCUT2D eigenvalue weighted by molar-refractivity contribution is 7.91. The largest absolute Gasteiger partial charge is 0.307 e. The first-order valence-electron chi connectivity index (χ1n) is 7.69. The smallest absolute Gasteiger partial charge is 0.247 e. The second kappa shape index (κ2) is 5.90. The molecule has 4 N–H and O–H groups in total. The van der Waals surface area contributed by atoms with E-state index in [0.717, 1.165) is 22.7 Å². The van der Waals surface area contributed by atoms with E-state index < -0.39 is 10.0 Å². The lowest BCUT2D eigenvalue weighted by Crippen LogP contribution is -2.09. The van der Waals surface area contributed by atoms with Crippen molar-refractivity contribution in [1.29, 1.82) is 0 Å². The number of aromatic nitrogens is 4. The number of nitrogens with zero attached hydrogens (tertiary/aromatic N) is 3. The summed E-state index contributed by atoms with van der Waals surface area (Å²) in [7, 11) is -3.71. The third-order valence-corrected chi connectivity index (χ3v) is 6.37. The molecule has 0 unspecified atom stereocenters. The van der Waals surface area contributed by atoms with Crippen LogP contribution in [0.1, 0.15) is 35.9 Å². The van der Waals surface area contributed by atoms with Crippen LogP contribution in [0.3, 0.4) is 0 Å². The summed E-state index contributed by atoms with van der Waals surface area (Å²) < 4.78 is 23.0. The molecule has 3 aromatic heterocycles. The number of rotatable bonds is 5. The van der Waals surface area contributed by atoms with Gasteiger partial charge in [-0.25, -0.2) is 23.5 Å². The SMILES string of the molecule is Cc1cc(-c2ccc(S(N)(=O)=O)s2)nc(Nc2cc(C3CC3)[nH]n2)n1.[HH].[HH].[HH].[HH]. The molecule has 3 aromatic rings. The maximum absolute atomic E-state index is 11.4. The molecule has 0 atom stereocenters. The van der Waals surface area contributed by atoms with Crippen molar-refractivity contribution in [2.75, 3.05) is 5.32 Å². The van der Waals surface area contributed by atoms with Crippen LogP contribution >= 0.6 is 11.3 Å². The maximum atomic E-state index is 11.4. The fourth-order valence-corrected chi connectivity index (χ4v) is 4.17. The highest BCUT2D eigenvalue weighted by Crippen LogP contribution is 2.39. The van der Waals surface area contributed by atoms with Gasteiger partial charge in [0.15, 0.2) is 5.82 Å². The molecule has 8 nitrogen and oxygen atoms in total. The van der Waals surface area contributed by atoms with Crippen molar-refractivity contribution in [3.8, 4) is 10.6 Å². The van der Waals surface area contributed by atoms with Crippen molar-refractivity contribution in [3.05, 3.63) is 35.7 Å². The summed E-state index contributed by atoms with van der Waals surface area (Å²) in [4.78, 5) is 9.54. The lowest BCUT2D eigenvalue weighted by Gasteiger charge is -2.05. The van der Waals surface area contributed by atoms with Crippen molar-refractivity contribution in [1.82, 2.24) is 20.2 Å². The molecule has 1 aliphatic carbocycles. The Morgan fingerprint density at radius 1 is 1.32 bits per heavy atom. The summed E-state index contributed by atoms with van der Waals surface area (Å²) in [6.07, 6.45) is 2.38. The molecule has 0 aliphatic heterocycles. The van der Waals surface area contributed by atoms with E-state index in [2.05, 4.69) is 25.5 Å². The predicted octanol–water partition coefficient (Wildman–Crippen LogP) is 3.49. The van der Waals surface area contributed by atoms with E-state index >= 15 is 0 Å². The summed E-state index contributed by atoms with van der Waals surface area (Å²) in [6.45, 7) is 1.85. The van der Waals surface area contributed by atoms with E-state index in [9.17, 15) is 8.42 Å². The molecule has 0 saturated heterocycles. The van der Waals surface area contributed by atoms with Crippen LogP contribution in [-0.4, -0.2) is 28.6 Å². The minimum absolute atomic E-state index is 0. The average Bonchev–Trinajstić information content (AvgIpc) is 3.07. The van der Waals surface area contributed by atoms with Gasteiger partial charge in [0, 0.05) is 29.1 Å². The number of primary sulfonamides is 1. The standard InChI is InChI=1S/C15H16N6O2S2.4H2/c1-8-6-11(12-4-5-14(24-12)25(16,22)23)18-15(17-8)19-13-7-10(20-21-13)9-2-3-9;;;;/h4-7,9H,2-3H2,1H3,(H2,16,22,23)(H2,17,18,19,20,21);4*1H. The first-order valence-corrected chi connectivity index (χ1v) is 10.1. The Morgan fingerprint density at radius 3 is 2.80 bits per heavy atom. The van der Waals surface area contributed by atoms with Crippen LogP contribution < -0.4 is 10.5 Å². The molecule has 1 aliphatic rings. The molecule has 3 heterocycles. The zero-order valence-electron chi connectivity index (χ0n) is 13.4. The average molecular weight is 385 g/mol. The van der Waals surface area contributed by atoms with Crippen molar-refractivity contribution in [3.63, 3.8) is 0 Å². The molecule has 0 aromatic carbocycles. The second-order valence-electron chi connectivity index (χ2n) is 5.99. The fraction of sp³-hybridized carbons (Fsp3) is 0.267. The van der Waals surface area contributed by atoms with Gasteiger partial charge in [0.25, 0.3) is 0 Å². The second-order valence-corrected chi connectivity index (χ2v) is 8.86. The van der Waals surface area contributed by atoms with Crippen molar-refractivity contribution in [2.24, 2.45) is 5.14 Å². The molecule has 0 bridgehead atoms. The number of H-pyrrole nitrogens is 1. The lowest BCUT2D eigenvalue weighted by molar-refractivity contribution is 0.600. The van der Waals surface area contributed by atoms with Crippen LogP contribution in [-0.2, 0) is 10.0 Å². The zero-order valence-corrected chi connectivity index (χ0v) is 15.0. The number of anilines is 2. The number of hydrogen-bond donors (Lipinski definition) is 3. The van der Waals surface area contributed by atoms with Gasteiger partial charge in [-0.3, -0.25) is 5.10 Å². The van der Waals surface area contributed by atoms with E-state index in [-0.39, 0.29) is 9.92 Å². The predicted molar refractivity (Wildman–Crippen MR) is 104 cm³/mol. The molecule has 4 rings (SSSR count). The molecule has 25 heavy (non-hydrogen) atoms. The zero-order chi connectivity index (χ0) is 17.6. The Hall–Kier alpha value is -2.30. The molecule has 10 heteroatoms. The molecule has 1 saturated carbocycles. The van der Waals surface area contributed by atoms with Gasteiger partial charge in [-0.05, 0) is 38.0 Å². The minimum atomic E-state index is -3.71. The van der Waals surface area contributed by atoms with Crippen LogP contribution in [0.2, 0.25) is 0 Å². The van der Waals surface area contributed by atoms with Crippen molar-refractivity contribution < 1.29 is 14.1 Å². The van der Waals surface area contributed by atoms with Gasteiger partial charge in [-0.1, -0.05) is 0 Å². The van der Waals surface area contributed by atoms with Crippen molar-refractivity contribution in [2.45, 2.75) is 29.9 Å². The first kappa shape index (κ1) is 16.2. The van der Waals surface area contributed by atoms with Crippen LogP contribution in [0.5, 0.6) is 0 Å². The first-order chi connectivity index (χ1) is 11.9. The highest BCUT2D eigenvalue weighted by atomic mass is 32.2. The molecule has 1 fully saturated rings. The Morgan fingerprint density at radius 2 is 2.12 bits per heavy atom. The lowest BCUT2D eigenvalue weighted by atomic mass is 10.3. The van der Waals surface area contributed by atoms with Crippen LogP contribution in [0.4, 0.5) is 11.8 Å². The molecule has 138 valence electrons. The van der Waals surface area contributed by atoms with E-state index in [1.54, 1.807) is 12.1 Å². The van der Waals surface area contributed by atoms with Gasteiger partial charge in [0.05, 0.1) is 10.6 Å². The summed E-state index contributed by atoms with van der Waals surface area (Å²) >= 11 is 1.08. The Balaban J connectivity index is 0.00000196. The molecule has 0 radical (unpaired) electrons. The Labute approximate surface area is 154 Å². The number of aryl methyl sites for hydroxylation is 1. The minimum Gasteiger partial charge on any atom is -0.307 e. The number of hydrogen-bond acceptors (Lipinski definition) is 7. The topological polar surface area (TPSA) is 127 Å². The van der Waals surface area contributed by atoms with E-state index in [4.69, 9.17) is 5.14 Å². The van der Waals surface area contributed by atoms with Gasteiger partial charge in [0.1, 0.15) is 4.21 Å². The van der Waals surface area contributed by atoms with Crippen LogP contribution in [0.25, 0.3) is 10.6 Å². The Bertz CT molecular complexity index is 1050. The number of nitrogens with two attached hydrogens (primary N) is 1. The van der Waals surface area contributed by atoms with Crippen LogP contribution in [0.15, 0.2) is 28.5 Å². The molecular weight excluding hydrogens is 360 g/mol. The quantitative estimate of drug-likeness (QED) is 0.618. The number of aromatic amines is 1. The van der Waals surface area contributed by atoms with Gasteiger partial charge in [0.2, 0.25) is 16.0 Å². The van der Waals surface area contributed by atoms with Crippen molar-refractivity contribution >= 4 is 33.1 Å². The summed E-state index contributed by atoms with van der Waals surface area (Å²) in [5.74, 6) is 1.66. The Kier molecular flexibility index (Phi) is 3.82. The van der Waals surface area contributed by atoms with Gasteiger partial charge < -0.3 is 5.32 Å². The number of thiophene rings is 1. The van der Waals surface area contributed by atoms with Crippen LogP contribution in [0, 0.1) is 6.92 Å².